The third-order valence-electron chi connectivity index (χ3n) is 4.44. The van der Waals surface area contributed by atoms with Gasteiger partial charge in [-0.3, -0.25) is 4.79 Å². The number of aryl methyl sites for hydroxylation is 1. The summed E-state index contributed by atoms with van der Waals surface area (Å²) in [6.45, 7) is 2.82. The van der Waals surface area contributed by atoms with Gasteiger partial charge in [0.2, 0.25) is 18.6 Å². The zero-order chi connectivity index (χ0) is 19.5. The Morgan fingerprint density at radius 2 is 1.96 bits per heavy atom. The molecule has 0 saturated heterocycles. The van der Waals surface area contributed by atoms with E-state index in [2.05, 4.69) is 10.2 Å². The monoisotopic (exact) mass is 397 g/mol. The van der Waals surface area contributed by atoms with E-state index in [1.165, 1.54) is 17.3 Å². The van der Waals surface area contributed by atoms with Crippen molar-refractivity contribution in [1.29, 1.82) is 0 Å². The number of hydrogen-bond donors (Lipinski definition) is 0. The number of fused-ring (bicyclic) bond motifs is 1. The van der Waals surface area contributed by atoms with E-state index in [-0.39, 0.29) is 18.5 Å². The van der Waals surface area contributed by atoms with Gasteiger partial charge in [0.1, 0.15) is 0 Å². The predicted octanol–water partition coefficient (Wildman–Crippen LogP) is 3.52. The van der Waals surface area contributed by atoms with Crippen molar-refractivity contribution in [3.63, 3.8) is 0 Å². The van der Waals surface area contributed by atoms with Crippen molar-refractivity contribution in [3.05, 3.63) is 53.6 Å². The average Bonchev–Trinajstić information content (AvgIpc) is 3.36. The summed E-state index contributed by atoms with van der Waals surface area (Å²) < 4.78 is 16.3. The van der Waals surface area contributed by atoms with Gasteiger partial charge in [0.25, 0.3) is 5.22 Å². The Bertz CT molecular complexity index is 1000. The Morgan fingerprint density at radius 1 is 1.14 bits per heavy atom. The lowest BCUT2D eigenvalue weighted by Gasteiger charge is -2.17. The van der Waals surface area contributed by atoms with Gasteiger partial charge >= 0.3 is 0 Å². The van der Waals surface area contributed by atoms with Crippen LogP contribution in [-0.2, 0) is 11.3 Å². The van der Waals surface area contributed by atoms with Crippen molar-refractivity contribution in [2.75, 3.05) is 19.6 Å². The van der Waals surface area contributed by atoms with Gasteiger partial charge < -0.3 is 18.8 Å². The fraction of sp³-hybridized carbons (Fsp3) is 0.250. The third-order valence-corrected chi connectivity index (χ3v) is 5.24. The predicted molar refractivity (Wildman–Crippen MR) is 104 cm³/mol. The van der Waals surface area contributed by atoms with Gasteiger partial charge in [-0.05, 0) is 36.2 Å². The van der Waals surface area contributed by atoms with E-state index >= 15 is 0 Å². The van der Waals surface area contributed by atoms with Crippen LogP contribution in [0.2, 0.25) is 0 Å². The minimum Gasteiger partial charge on any atom is -0.454 e. The van der Waals surface area contributed by atoms with Gasteiger partial charge in [0.05, 0.1) is 5.75 Å². The van der Waals surface area contributed by atoms with Gasteiger partial charge in [0.15, 0.2) is 11.5 Å². The lowest BCUT2D eigenvalue weighted by atomic mass is 10.1. The number of nitrogens with zero attached hydrogens (tertiary/aromatic N) is 3. The Balaban J connectivity index is 1.35. The van der Waals surface area contributed by atoms with Crippen LogP contribution in [0.4, 0.5) is 0 Å². The molecule has 1 amide bonds. The van der Waals surface area contributed by atoms with Crippen molar-refractivity contribution in [2.24, 2.45) is 0 Å². The second-order valence-electron chi connectivity index (χ2n) is 6.41. The van der Waals surface area contributed by atoms with Crippen LogP contribution in [-0.4, -0.2) is 40.6 Å². The summed E-state index contributed by atoms with van der Waals surface area (Å²) in [5.74, 6) is 1.95. The molecule has 0 N–H and O–H groups in total. The molecule has 2 heterocycles. The molecule has 0 aliphatic carbocycles. The van der Waals surface area contributed by atoms with Crippen LogP contribution in [0, 0.1) is 6.92 Å². The second kappa shape index (κ2) is 7.93. The first-order valence-electron chi connectivity index (χ1n) is 8.75. The first-order chi connectivity index (χ1) is 13.6. The molecule has 0 saturated carbocycles. The summed E-state index contributed by atoms with van der Waals surface area (Å²) in [7, 11) is 1.79. The topological polar surface area (TPSA) is 77.7 Å². The number of carbonyl (C=O) groups excluding carboxylic acids is 1. The molecule has 1 aromatic heterocycles. The van der Waals surface area contributed by atoms with Crippen LogP contribution in [0.15, 0.2) is 52.1 Å². The third kappa shape index (κ3) is 3.96. The second-order valence-corrected chi connectivity index (χ2v) is 7.33. The number of benzene rings is 2. The average molecular weight is 397 g/mol. The zero-order valence-corrected chi connectivity index (χ0v) is 16.4. The van der Waals surface area contributed by atoms with Gasteiger partial charge in [-0.25, -0.2) is 0 Å². The molecule has 0 atom stereocenters. The zero-order valence-electron chi connectivity index (χ0n) is 15.5. The van der Waals surface area contributed by atoms with Crippen LogP contribution in [0.5, 0.6) is 11.5 Å². The number of carbonyl (C=O) groups is 1. The fourth-order valence-corrected chi connectivity index (χ4v) is 3.48. The molecule has 8 heteroatoms. The highest BCUT2D eigenvalue weighted by Gasteiger charge is 2.18. The largest absolute Gasteiger partial charge is 0.454 e. The fourth-order valence-electron chi connectivity index (χ4n) is 2.78. The Hall–Kier alpha value is -3.00. The minimum atomic E-state index is -0.00363. The van der Waals surface area contributed by atoms with Crippen LogP contribution in [0.3, 0.4) is 0 Å². The maximum absolute atomic E-state index is 12.4. The molecule has 28 heavy (non-hydrogen) atoms. The smallest absolute Gasteiger partial charge is 0.277 e. The molecule has 3 aromatic rings. The first-order valence-corrected chi connectivity index (χ1v) is 9.73. The van der Waals surface area contributed by atoms with Crippen LogP contribution < -0.4 is 9.47 Å². The lowest BCUT2D eigenvalue weighted by molar-refractivity contribution is -0.127. The SMILES string of the molecule is Cc1ccccc1CN(C)C(=O)CSc1nnc(-c2ccc3c(c2)OCO3)o1. The van der Waals surface area contributed by atoms with Crippen LogP contribution in [0.25, 0.3) is 11.5 Å². The van der Waals surface area contributed by atoms with Crippen molar-refractivity contribution in [1.82, 2.24) is 15.1 Å². The summed E-state index contributed by atoms with van der Waals surface area (Å²) in [6, 6.07) is 13.5. The molecular weight excluding hydrogens is 378 g/mol. The number of hydrogen-bond acceptors (Lipinski definition) is 7. The molecule has 0 spiro atoms. The minimum absolute atomic E-state index is 0.00363. The maximum Gasteiger partial charge on any atom is 0.277 e. The molecule has 7 nitrogen and oxygen atoms in total. The van der Waals surface area contributed by atoms with Crippen LogP contribution >= 0.6 is 11.8 Å². The number of rotatable bonds is 6. The molecule has 0 fully saturated rings. The summed E-state index contributed by atoms with van der Waals surface area (Å²) in [5.41, 5.74) is 3.04. The van der Waals surface area contributed by atoms with E-state index in [1.54, 1.807) is 24.1 Å². The van der Waals surface area contributed by atoms with E-state index < -0.39 is 0 Å². The molecule has 1 aliphatic heterocycles. The molecule has 4 rings (SSSR count). The maximum atomic E-state index is 12.4. The molecule has 0 unspecified atom stereocenters. The molecule has 144 valence electrons. The number of thioether (sulfide) groups is 1. The highest BCUT2D eigenvalue weighted by molar-refractivity contribution is 7.99. The molecule has 1 aliphatic rings. The van der Waals surface area contributed by atoms with Gasteiger partial charge in [0, 0.05) is 19.2 Å². The van der Waals surface area contributed by atoms with E-state index in [4.69, 9.17) is 13.9 Å². The van der Waals surface area contributed by atoms with Gasteiger partial charge in [-0.1, -0.05) is 36.0 Å². The van der Waals surface area contributed by atoms with E-state index in [1.807, 2.05) is 37.3 Å². The van der Waals surface area contributed by atoms with Crippen molar-refractivity contribution >= 4 is 17.7 Å². The lowest BCUT2D eigenvalue weighted by Crippen LogP contribution is -2.28. The Kier molecular flexibility index (Phi) is 5.21. The number of aromatic nitrogens is 2. The van der Waals surface area contributed by atoms with Crippen LogP contribution in [0.1, 0.15) is 11.1 Å². The Labute approximate surface area is 166 Å². The normalized spacial score (nSPS) is 12.2. The summed E-state index contributed by atoms with van der Waals surface area (Å²) in [6.07, 6.45) is 0. The van der Waals surface area contributed by atoms with E-state index in [9.17, 15) is 4.79 Å². The van der Waals surface area contributed by atoms with Crippen molar-refractivity contribution in [3.8, 4) is 23.0 Å². The number of ether oxygens (including phenoxy) is 2. The van der Waals surface area contributed by atoms with E-state index in [0.29, 0.717) is 29.2 Å². The molecule has 2 aromatic carbocycles. The quantitative estimate of drug-likeness (QED) is 0.589. The standard InChI is InChI=1S/C20H19N3O4S/c1-13-5-3-4-6-15(13)10-23(2)18(24)11-28-20-22-21-19(27-20)14-7-8-16-17(9-14)26-12-25-16/h3-9H,10-12H2,1-2H3. The number of amides is 1. The first kappa shape index (κ1) is 18.4. The van der Waals surface area contributed by atoms with Crippen molar-refractivity contribution < 1.29 is 18.7 Å². The highest BCUT2D eigenvalue weighted by atomic mass is 32.2. The molecule has 0 radical (unpaired) electrons. The molecular formula is C20H19N3O4S. The highest BCUT2D eigenvalue weighted by Crippen LogP contribution is 2.36. The Morgan fingerprint density at radius 3 is 2.82 bits per heavy atom. The van der Waals surface area contributed by atoms with Gasteiger partial charge in [-0.2, -0.15) is 0 Å². The summed E-state index contributed by atoms with van der Waals surface area (Å²) in [5, 5.41) is 8.43. The summed E-state index contributed by atoms with van der Waals surface area (Å²) in [4.78, 5) is 14.1. The molecule has 0 bridgehead atoms. The van der Waals surface area contributed by atoms with E-state index in [0.717, 1.165) is 11.1 Å². The van der Waals surface area contributed by atoms with Gasteiger partial charge in [-0.15, -0.1) is 10.2 Å². The van der Waals surface area contributed by atoms with Crippen molar-refractivity contribution in [2.45, 2.75) is 18.7 Å². The summed E-state index contributed by atoms with van der Waals surface area (Å²) >= 11 is 1.23.